The van der Waals surface area contributed by atoms with Gasteiger partial charge in [0.1, 0.15) is 6.04 Å². The molecule has 2 amide bonds. The third kappa shape index (κ3) is 4.26. The summed E-state index contributed by atoms with van der Waals surface area (Å²) >= 11 is 1.33. The number of sulfonamides is 1. The predicted molar refractivity (Wildman–Crippen MR) is 113 cm³/mol. The van der Waals surface area contributed by atoms with Crippen LogP contribution >= 0.6 is 11.3 Å². The van der Waals surface area contributed by atoms with Crippen molar-refractivity contribution in [1.29, 1.82) is 0 Å². The van der Waals surface area contributed by atoms with Crippen LogP contribution < -0.4 is 5.32 Å². The molecule has 1 aromatic carbocycles. The van der Waals surface area contributed by atoms with Gasteiger partial charge in [-0.2, -0.15) is 4.31 Å². The molecule has 0 saturated carbocycles. The number of nitrogens with zero attached hydrogens (tertiary/aromatic N) is 3. The number of nitrogens with one attached hydrogen (secondary N) is 1. The Kier molecular flexibility index (Phi) is 6.16. The van der Waals surface area contributed by atoms with Crippen molar-refractivity contribution in [2.24, 2.45) is 5.92 Å². The summed E-state index contributed by atoms with van der Waals surface area (Å²) in [5.74, 6) is -0.814. The molecular weight excluding hydrogens is 424 g/mol. The van der Waals surface area contributed by atoms with Gasteiger partial charge < -0.3 is 10.2 Å². The monoisotopic (exact) mass is 448 g/mol. The van der Waals surface area contributed by atoms with Gasteiger partial charge in [0.2, 0.25) is 21.8 Å². The van der Waals surface area contributed by atoms with E-state index < -0.39 is 22.0 Å². The Hall–Kier alpha value is -2.30. The van der Waals surface area contributed by atoms with Gasteiger partial charge in [-0.25, -0.2) is 13.4 Å². The molecule has 160 valence electrons. The average molecular weight is 449 g/mol. The molecule has 2 fully saturated rings. The van der Waals surface area contributed by atoms with Gasteiger partial charge >= 0.3 is 0 Å². The van der Waals surface area contributed by atoms with Gasteiger partial charge in [-0.3, -0.25) is 9.59 Å². The number of likely N-dealkylation sites (tertiary alicyclic amines) is 1. The third-order valence-corrected chi connectivity index (χ3v) is 8.18. The second kappa shape index (κ2) is 8.83. The first kappa shape index (κ1) is 21.0. The smallest absolute Gasteiger partial charge is 0.248 e. The number of aromatic nitrogens is 1. The van der Waals surface area contributed by atoms with Crippen molar-refractivity contribution in [2.75, 3.05) is 25.0 Å². The fraction of sp³-hybridized carbons (Fsp3) is 0.450. The number of carbonyl (C=O) groups excluding carboxylic acids is 2. The summed E-state index contributed by atoms with van der Waals surface area (Å²) in [5.41, 5.74) is 0. The molecule has 0 bridgehead atoms. The number of hydrogen-bond donors (Lipinski definition) is 1. The van der Waals surface area contributed by atoms with Crippen LogP contribution in [0.3, 0.4) is 0 Å². The predicted octanol–water partition coefficient (Wildman–Crippen LogP) is 2.17. The number of anilines is 1. The SMILES string of the molecule is O=C(Nc1nccs1)C1CCCN1C(=O)C1CCCN(S(=O)(=O)c2ccccc2)C1. The van der Waals surface area contributed by atoms with Crippen molar-refractivity contribution in [2.45, 2.75) is 36.6 Å². The molecular formula is C20H24N4O4S2. The van der Waals surface area contributed by atoms with Crippen LogP contribution in [0.5, 0.6) is 0 Å². The molecule has 4 rings (SSSR count). The van der Waals surface area contributed by atoms with Crippen LogP contribution in [0.15, 0.2) is 46.8 Å². The number of rotatable bonds is 5. The maximum atomic E-state index is 13.2. The van der Waals surface area contributed by atoms with Gasteiger partial charge in [0.05, 0.1) is 10.8 Å². The number of thiazole rings is 1. The standard InChI is InChI=1S/C20H24N4O4S2/c25-18(22-20-21-10-13-29-20)17-9-5-12-24(17)19(26)15-6-4-11-23(14-15)30(27,28)16-7-2-1-3-8-16/h1-3,7-8,10,13,15,17H,4-6,9,11-12,14H2,(H,21,22,25). The normalized spacial score (nSPS) is 22.7. The lowest BCUT2D eigenvalue weighted by Gasteiger charge is -2.34. The van der Waals surface area contributed by atoms with E-state index in [1.165, 1.54) is 15.6 Å². The molecule has 2 saturated heterocycles. The van der Waals surface area contributed by atoms with Crippen molar-refractivity contribution >= 4 is 38.3 Å². The van der Waals surface area contributed by atoms with E-state index in [1.807, 2.05) is 0 Å². The summed E-state index contributed by atoms with van der Waals surface area (Å²) in [6, 6.07) is 7.75. The molecule has 2 atom stereocenters. The molecule has 1 aromatic heterocycles. The first-order valence-electron chi connectivity index (χ1n) is 10.0. The minimum Gasteiger partial charge on any atom is -0.330 e. The van der Waals surface area contributed by atoms with E-state index in [-0.39, 0.29) is 23.3 Å². The second-order valence-electron chi connectivity index (χ2n) is 7.53. The maximum absolute atomic E-state index is 13.2. The Morgan fingerprint density at radius 1 is 1.10 bits per heavy atom. The number of amides is 2. The van der Waals surface area contributed by atoms with E-state index in [2.05, 4.69) is 10.3 Å². The Labute approximate surface area is 180 Å². The highest BCUT2D eigenvalue weighted by Gasteiger charge is 2.40. The average Bonchev–Trinajstić information content (AvgIpc) is 3.46. The lowest BCUT2D eigenvalue weighted by Crippen LogP contribution is -2.50. The van der Waals surface area contributed by atoms with E-state index in [9.17, 15) is 18.0 Å². The highest BCUT2D eigenvalue weighted by molar-refractivity contribution is 7.89. The Morgan fingerprint density at radius 2 is 1.87 bits per heavy atom. The van der Waals surface area contributed by atoms with E-state index in [1.54, 1.807) is 46.8 Å². The lowest BCUT2D eigenvalue weighted by atomic mass is 9.97. The van der Waals surface area contributed by atoms with E-state index in [0.29, 0.717) is 37.5 Å². The fourth-order valence-corrected chi connectivity index (χ4v) is 6.19. The largest absolute Gasteiger partial charge is 0.330 e. The molecule has 0 aliphatic carbocycles. The summed E-state index contributed by atoms with van der Waals surface area (Å²) < 4.78 is 27.3. The number of carbonyl (C=O) groups is 2. The topological polar surface area (TPSA) is 99.7 Å². The zero-order valence-corrected chi connectivity index (χ0v) is 18.1. The van der Waals surface area contributed by atoms with Crippen molar-refractivity contribution < 1.29 is 18.0 Å². The molecule has 2 aromatic rings. The molecule has 8 nitrogen and oxygen atoms in total. The molecule has 0 radical (unpaired) electrons. The van der Waals surface area contributed by atoms with Crippen LogP contribution in [0.4, 0.5) is 5.13 Å². The summed E-state index contributed by atoms with van der Waals surface area (Å²) in [5, 5.41) is 5.06. The third-order valence-electron chi connectivity index (χ3n) is 5.62. The number of benzene rings is 1. The van der Waals surface area contributed by atoms with Crippen LogP contribution in [0.1, 0.15) is 25.7 Å². The van der Waals surface area contributed by atoms with Crippen molar-refractivity contribution in [3.8, 4) is 0 Å². The minimum atomic E-state index is -3.64. The van der Waals surface area contributed by atoms with Crippen LogP contribution in [0, 0.1) is 5.92 Å². The summed E-state index contributed by atoms with van der Waals surface area (Å²) in [6.07, 6.45) is 4.20. The van der Waals surface area contributed by atoms with Gasteiger partial charge in [0.15, 0.2) is 5.13 Å². The number of hydrogen-bond acceptors (Lipinski definition) is 6. The lowest BCUT2D eigenvalue weighted by molar-refractivity contribution is -0.141. The van der Waals surface area contributed by atoms with Crippen LogP contribution in [0.2, 0.25) is 0 Å². The Balaban J connectivity index is 1.45. The Bertz CT molecular complexity index is 995. The molecule has 1 N–H and O–H groups in total. The first-order valence-corrected chi connectivity index (χ1v) is 12.3. The van der Waals surface area contributed by atoms with Gasteiger partial charge in [0.25, 0.3) is 0 Å². The van der Waals surface area contributed by atoms with Gasteiger partial charge in [-0.05, 0) is 37.8 Å². The molecule has 30 heavy (non-hydrogen) atoms. The van der Waals surface area contributed by atoms with Gasteiger partial charge in [-0.1, -0.05) is 18.2 Å². The van der Waals surface area contributed by atoms with Gasteiger partial charge in [0, 0.05) is 31.2 Å². The highest BCUT2D eigenvalue weighted by atomic mass is 32.2. The molecule has 2 aliphatic heterocycles. The van der Waals surface area contributed by atoms with Gasteiger partial charge in [-0.15, -0.1) is 11.3 Å². The molecule has 3 heterocycles. The maximum Gasteiger partial charge on any atom is 0.248 e. The van der Waals surface area contributed by atoms with Crippen molar-refractivity contribution in [1.82, 2.24) is 14.2 Å². The quantitative estimate of drug-likeness (QED) is 0.756. The van der Waals surface area contributed by atoms with E-state index in [0.717, 1.165) is 6.42 Å². The second-order valence-corrected chi connectivity index (χ2v) is 10.4. The first-order chi connectivity index (χ1) is 14.5. The summed E-state index contributed by atoms with van der Waals surface area (Å²) in [7, 11) is -3.64. The van der Waals surface area contributed by atoms with Crippen LogP contribution in [0.25, 0.3) is 0 Å². The van der Waals surface area contributed by atoms with Crippen molar-refractivity contribution in [3.05, 3.63) is 41.9 Å². The molecule has 10 heteroatoms. The number of piperidine rings is 1. The molecule has 0 spiro atoms. The summed E-state index contributed by atoms with van der Waals surface area (Å²) in [4.78, 5) is 31.8. The minimum absolute atomic E-state index is 0.139. The van der Waals surface area contributed by atoms with Crippen LogP contribution in [-0.2, 0) is 19.6 Å². The molecule has 2 unspecified atom stereocenters. The highest BCUT2D eigenvalue weighted by Crippen LogP contribution is 2.28. The van der Waals surface area contributed by atoms with E-state index >= 15 is 0 Å². The zero-order chi connectivity index (χ0) is 21.1. The summed E-state index contributed by atoms with van der Waals surface area (Å²) in [6.45, 7) is 1.05. The van der Waals surface area contributed by atoms with Crippen LogP contribution in [-0.4, -0.2) is 60.1 Å². The fourth-order valence-electron chi connectivity index (χ4n) is 4.12. The Morgan fingerprint density at radius 3 is 2.60 bits per heavy atom. The van der Waals surface area contributed by atoms with E-state index in [4.69, 9.17) is 0 Å². The van der Waals surface area contributed by atoms with Crippen molar-refractivity contribution in [3.63, 3.8) is 0 Å². The molecule has 2 aliphatic rings. The zero-order valence-electron chi connectivity index (χ0n) is 16.4.